The number of nitrogens with two attached hydrogens (primary N) is 1. The summed E-state index contributed by atoms with van der Waals surface area (Å²) >= 11 is 5.13. The molecular formula is C11H10BrNOS. The van der Waals surface area contributed by atoms with E-state index < -0.39 is 0 Å². The van der Waals surface area contributed by atoms with E-state index in [-0.39, 0.29) is 0 Å². The maximum absolute atomic E-state index is 5.65. The summed E-state index contributed by atoms with van der Waals surface area (Å²) in [7, 11) is 0. The smallest absolute Gasteiger partial charge is 0.124 e. The molecule has 0 aliphatic carbocycles. The molecule has 0 fully saturated rings. The highest BCUT2D eigenvalue weighted by molar-refractivity contribution is 9.10. The maximum atomic E-state index is 5.65. The second-order valence-electron chi connectivity index (χ2n) is 3.05. The van der Waals surface area contributed by atoms with Crippen LogP contribution in [0.4, 0.5) is 5.69 Å². The van der Waals surface area contributed by atoms with Crippen molar-refractivity contribution in [3.63, 3.8) is 0 Å². The fraction of sp³-hybridized carbons (Fsp3) is 0.0909. The van der Waals surface area contributed by atoms with Crippen molar-refractivity contribution >= 4 is 33.0 Å². The van der Waals surface area contributed by atoms with Gasteiger partial charge in [-0.05, 0) is 39.5 Å². The molecule has 2 aromatic rings. The molecular weight excluding hydrogens is 274 g/mol. The van der Waals surface area contributed by atoms with Gasteiger partial charge in [0.05, 0.1) is 4.88 Å². The van der Waals surface area contributed by atoms with Crippen molar-refractivity contribution in [1.82, 2.24) is 0 Å². The topological polar surface area (TPSA) is 35.2 Å². The van der Waals surface area contributed by atoms with Crippen LogP contribution in [0.25, 0.3) is 0 Å². The van der Waals surface area contributed by atoms with Gasteiger partial charge in [0.2, 0.25) is 0 Å². The van der Waals surface area contributed by atoms with Crippen LogP contribution in [0.15, 0.2) is 40.2 Å². The predicted octanol–water partition coefficient (Wildman–Crippen LogP) is 3.67. The van der Waals surface area contributed by atoms with Gasteiger partial charge in [0.15, 0.2) is 0 Å². The standard InChI is InChI=1S/C11H10BrNOS/c12-10-4-5-15-11(10)7-14-9-3-1-2-8(13)6-9/h1-6H,7,13H2. The summed E-state index contributed by atoms with van der Waals surface area (Å²) in [6.07, 6.45) is 0. The van der Waals surface area contributed by atoms with Gasteiger partial charge in [0.1, 0.15) is 12.4 Å². The molecule has 0 radical (unpaired) electrons. The first-order chi connectivity index (χ1) is 7.25. The number of benzene rings is 1. The van der Waals surface area contributed by atoms with Crippen LogP contribution in [0, 0.1) is 0 Å². The Morgan fingerprint density at radius 3 is 2.87 bits per heavy atom. The van der Waals surface area contributed by atoms with Crippen LogP contribution in [0.3, 0.4) is 0 Å². The number of anilines is 1. The highest BCUT2D eigenvalue weighted by atomic mass is 79.9. The summed E-state index contributed by atoms with van der Waals surface area (Å²) in [6.45, 7) is 0.571. The molecule has 0 unspecified atom stereocenters. The lowest BCUT2D eigenvalue weighted by atomic mass is 10.3. The molecule has 2 N–H and O–H groups in total. The molecule has 0 atom stereocenters. The lowest BCUT2D eigenvalue weighted by molar-refractivity contribution is 0.309. The van der Waals surface area contributed by atoms with Crippen LogP contribution in [0.5, 0.6) is 5.75 Å². The molecule has 0 saturated carbocycles. The second kappa shape index (κ2) is 4.68. The van der Waals surface area contributed by atoms with E-state index in [0.29, 0.717) is 6.61 Å². The number of nitrogen functional groups attached to an aromatic ring is 1. The third-order valence-corrected chi connectivity index (χ3v) is 3.82. The minimum atomic E-state index is 0.571. The highest BCUT2D eigenvalue weighted by Gasteiger charge is 2.02. The molecule has 1 aromatic carbocycles. The lowest BCUT2D eigenvalue weighted by Crippen LogP contribution is -1.94. The summed E-state index contributed by atoms with van der Waals surface area (Å²) in [5, 5.41) is 2.03. The fourth-order valence-electron chi connectivity index (χ4n) is 1.18. The molecule has 0 bridgehead atoms. The van der Waals surface area contributed by atoms with Crippen LogP contribution in [0.1, 0.15) is 4.88 Å². The van der Waals surface area contributed by atoms with Crippen molar-refractivity contribution in [1.29, 1.82) is 0 Å². The molecule has 0 amide bonds. The third kappa shape index (κ3) is 2.73. The summed E-state index contributed by atoms with van der Waals surface area (Å²) in [6, 6.07) is 9.46. The molecule has 1 heterocycles. The largest absolute Gasteiger partial charge is 0.488 e. The Balaban J connectivity index is 2.02. The average molecular weight is 284 g/mol. The Labute approximate surface area is 101 Å². The van der Waals surface area contributed by atoms with E-state index in [0.717, 1.165) is 15.9 Å². The summed E-state index contributed by atoms with van der Waals surface area (Å²) in [4.78, 5) is 1.18. The monoisotopic (exact) mass is 283 g/mol. The number of hydrogen-bond acceptors (Lipinski definition) is 3. The van der Waals surface area contributed by atoms with E-state index >= 15 is 0 Å². The van der Waals surface area contributed by atoms with Crippen molar-refractivity contribution in [2.24, 2.45) is 0 Å². The zero-order valence-electron chi connectivity index (χ0n) is 7.94. The van der Waals surface area contributed by atoms with Gasteiger partial charge in [0.25, 0.3) is 0 Å². The zero-order valence-corrected chi connectivity index (χ0v) is 10.3. The molecule has 0 aliphatic heterocycles. The predicted molar refractivity (Wildman–Crippen MR) is 67.2 cm³/mol. The molecule has 78 valence electrons. The molecule has 4 heteroatoms. The van der Waals surface area contributed by atoms with Crippen molar-refractivity contribution in [2.45, 2.75) is 6.61 Å². The van der Waals surface area contributed by atoms with Gasteiger partial charge in [-0.15, -0.1) is 11.3 Å². The molecule has 2 nitrogen and oxygen atoms in total. The Hall–Kier alpha value is -1.00. The zero-order chi connectivity index (χ0) is 10.7. The summed E-state index contributed by atoms with van der Waals surface area (Å²) in [5.41, 5.74) is 6.37. The Morgan fingerprint density at radius 1 is 1.33 bits per heavy atom. The SMILES string of the molecule is Nc1cccc(OCc2sccc2Br)c1. The number of rotatable bonds is 3. The first-order valence-electron chi connectivity index (χ1n) is 4.46. The van der Waals surface area contributed by atoms with Crippen LogP contribution < -0.4 is 10.5 Å². The lowest BCUT2D eigenvalue weighted by Gasteiger charge is -2.05. The molecule has 15 heavy (non-hydrogen) atoms. The van der Waals surface area contributed by atoms with Gasteiger partial charge in [-0.1, -0.05) is 6.07 Å². The Morgan fingerprint density at radius 2 is 2.20 bits per heavy atom. The second-order valence-corrected chi connectivity index (χ2v) is 4.91. The van der Waals surface area contributed by atoms with Crippen molar-refractivity contribution in [3.05, 3.63) is 45.1 Å². The van der Waals surface area contributed by atoms with Gasteiger partial charge < -0.3 is 10.5 Å². The minimum Gasteiger partial charge on any atom is -0.488 e. The van der Waals surface area contributed by atoms with Gasteiger partial charge in [-0.3, -0.25) is 0 Å². The molecule has 0 aliphatic rings. The number of hydrogen-bond donors (Lipinski definition) is 1. The summed E-state index contributed by atoms with van der Waals surface area (Å²) in [5.74, 6) is 0.801. The Kier molecular flexibility index (Phi) is 3.28. The van der Waals surface area contributed by atoms with Crippen molar-refractivity contribution in [3.8, 4) is 5.75 Å². The third-order valence-electron chi connectivity index (χ3n) is 1.92. The molecule has 0 saturated heterocycles. The van der Waals surface area contributed by atoms with Crippen LogP contribution in [-0.2, 0) is 6.61 Å². The van der Waals surface area contributed by atoms with Crippen molar-refractivity contribution in [2.75, 3.05) is 5.73 Å². The van der Waals surface area contributed by atoms with E-state index in [4.69, 9.17) is 10.5 Å². The van der Waals surface area contributed by atoms with E-state index in [1.165, 1.54) is 4.88 Å². The maximum Gasteiger partial charge on any atom is 0.124 e. The van der Waals surface area contributed by atoms with E-state index in [2.05, 4.69) is 15.9 Å². The molecule has 0 spiro atoms. The van der Waals surface area contributed by atoms with Gasteiger partial charge in [0, 0.05) is 16.2 Å². The number of halogens is 1. The first-order valence-corrected chi connectivity index (χ1v) is 6.13. The number of thiophene rings is 1. The van der Waals surface area contributed by atoms with Gasteiger partial charge in [-0.2, -0.15) is 0 Å². The van der Waals surface area contributed by atoms with E-state index in [9.17, 15) is 0 Å². The number of ether oxygens (including phenoxy) is 1. The fourth-order valence-corrected chi connectivity index (χ4v) is 2.56. The molecule has 2 rings (SSSR count). The molecule has 1 aromatic heterocycles. The van der Waals surface area contributed by atoms with Gasteiger partial charge in [-0.25, -0.2) is 0 Å². The van der Waals surface area contributed by atoms with Crippen LogP contribution in [0.2, 0.25) is 0 Å². The van der Waals surface area contributed by atoms with Crippen molar-refractivity contribution < 1.29 is 4.74 Å². The highest BCUT2D eigenvalue weighted by Crippen LogP contribution is 2.24. The van der Waals surface area contributed by atoms with E-state index in [1.807, 2.05) is 35.7 Å². The minimum absolute atomic E-state index is 0.571. The quantitative estimate of drug-likeness (QED) is 0.873. The van der Waals surface area contributed by atoms with Crippen LogP contribution >= 0.6 is 27.3 Å². The van der Waals surface area contributed by atoms with Crippen LogP contribution in [-0.4, -0.2) is 0 Å². The van der Waals surface area contributed by atoms with Gasteiger partial charge >= 0.3 is 0 Å². The average Bonchev–Trinajstić information content (AvgIpc) is 2.61. The normalized spacial score (nSPS) is 10.2. The first kappa shape index (κ1) is 10.5. The summed E-state index contributed by atoms with van der Waals surface area (Å²) < 4.78 is 6.71. The Bertz CT molecular complexity index is 455. The van der Waals surface area contributed by atoms with E-state index in [1.54, 1.807) is 11.3 Å².